The van der Waals surface area contributed by atoms with Crippen molar-refractivity contribution in [3.05, 3.63) is 34.5 Å². The van der Waals surface area contributed by atoms with Crippen LogP contribution in [0.5, 0.6) is 0 Å². The van der Waals surface area contributed by atoms with Gasteiger partial charge in [-0.15, -0.1) is 24.0 Å². The maximum Gasteiger partial charge on any atom is 0.209 e. The van der Waals surface area contributed by atoms with Gasteiger partial charge in [-0.3, -0.25) is 4.79 Å². The third-order valence-corrected chi connectivity index (χ3v) is 6.44. The average molecular weight is 430 g/mol. The van der Waals surface area contributed by atoms with Crippen LogP contribution in [0.1, 0.15) is 35.8 Å². The summed E-state index contributed by atoms with van der Waals surface area (Å²) in [7, 11) is 3.38. The number of aryl methyl sites for hydroxylation is 3. The number of thiol groups is 1. The van der Waals surface area contributed by atoms with E-state index < -0.39 is 0 Å². The van der Waals surface area contributed by atoms with Crippen LogP contribution in [0, 0.1) is 0 Å². The van der Waals surface area contributed by atoms with Gasteiger partial charge in [-0.05, 0) is 55.4 Å². The topological polar surface area (TPSA) is 84.1 Å². The predicted molar refractivity (Wildman–Crippen MR) is 125 cm³/mol. The fourth-order valence-electron chi connectivity index (χ4n) is 3.37. The summed E-state index contributed by atoms with van der Waals surface area (Å²) in [5.41, 5.74) is 10.3. The summed E-state index contributed by atoms with van der Waals surface area (Å²) in [6.07, 6.45) is 8.11. The predicted octanol–water partition coefficient (Wildman–Crippen LogP) is 4.45. The summed E-state index contributed by atoms with van der Waals surface area (Å²) in [6.45, 7) is 2.13. The van der Waals surface area contributed by atoms with E-state index in [2.05, 4.69) is 34.8 Å². The van der Waals surface area contributed by atoms with Gasteiger partial charge in [0.1, 0.15) is 17.0 Å². The maximum absolute atomic E-state index is 9.43. The molecule has 2 heterocycles. The summed E-state index contributed by atoms with van der Waals surface area (Å²) in [6, 6.07) is 3.98. The van der Waals surface area contributed by atoms with Crippen molar-refractivity contribution in [3.63, 3.8) is 0 Å². The standard InChI is InChI=1S/C18H20N4S2.C3H7NO/c1-2-10-7-12(19)14(23)8-13(10)22-17-16-11-5-3-4-6-15(11)24-18(16)21-9-20-17;1-4(2)3-5/h7-9,23H,2-6,19H2,1H3,(H,20,21,22);3H,1-2H3. The molecule has 3 N–H and O–H groups in total. The Bertz CT molecular complexity index is 1020. The molecule has 0 atom stereocenters. The lowest BCUT2D eigenvalue weighted by molar-refractivity contribution is -0.115. The highest BCUT2D eigenvalue weighted by Crippen LogP contribution is 2.39. The zero-order chi connectivity index (χ0) is 21.0. The second kappa shape index (κ2) is 9.45. The van der Waals surface area contributed by atoms with Crippen LogP contribution >= 0.6 is 24.0 Å². The molecule has 2 aromatic heterocycles. The normalized spacial score (nSPS) is 12.7. The molecule has 0 saturated carbocycles. The summed E-state index contributed by atoms with van der Waals surface area (Å²) in [5.74, 6) is 0.895. The number of nitrogens with two attached hydrogens (primary N) is 1. The van der Waals surface area contributed by atoms with E-state index in [1.54, 1.807) is 20.4 Å². The van der Waals surface area contributed by atoms with Crippen LogP contribution in [0.3, 0.4) is 0 Å². The first-order chi connectivity index (χ1) is 13.9. The van der Waals surface area contributed by atoms with E-state index in [1.807, 2.05) is 23.5 Å². The monoisotopic (exact) mass is 429 g/mol. The van der Waals surface area contributed by atoms with Crippen molar-refractivity contribution < 1.29 is 4.79 Å². The van der Waals surface area contributed by atoms with Crippen molar-refractivity contribution >= 4 is 57.8 Å². The van der Waals surface area contributed by atoms with Gasteiger partial charge in [0.25, 0.3) is 0 Å². The Morgan fingerprint density at radius 3 is 2.69 bits per heavy atom. The highest BCUT2D eigenvalue weighted by molar-refractivity contribution is 7.80. The van der Waals surface area contributed by atoms with Crippen molar-refractivity contribution in [2.45, 2.75) is 43.9 Å². The molecule has 0 bridgehead atoms. The van der Waals surface area contributed by atoms with E-state index in [0.717, 1.165) is 40.5 Å². The zero-order valence-electron chi connectivity index (χ0n) is 17.0. The highest BCUT2D eigenvalue weighted by atomic mass is 32.1. The minimum atomic E-state index is 0.710. The Morgan fingerprint density at radius 1 is 1.28 bits per heavy atom. The molecular weight excluding hydrogens is 402 g/mol. The van der Waals surface area contributed by atoms with E-state index in [1.165, 1.54) is 45.6 Å². The Morgan fingerprint density at radius 2 is 2.00 bits per heavy atom. The number of carbonyl (C=O) groups excluding carboxylic acids is 1. The minimum absolute atomic E-state index is 0.710. The molecule has 29 heavy (non-hydrogen) atoms. The molecule has 0 radical (unpaired) electrons. The van der Waals surface area contributed by atoms with Gasteiger partial charge in [-0.2, -0.15) is 0 Å². The number of hydrogen-bond acceptors (Lipinski definition) is 7. The molecule has 154 valence electrons. The number of hydrogen-bond donors (Lipinski definition) is 3. The van der Waals surface area contributed by atoms with E-state index >= 15 is 0 Å². The molecule has 0 aliphatic heterocycles. The number of thiophene rings is 1. The summed E-state index contributed by atoms with van der Waals surface area (Å²) in [4.78, 5) is 23.3. The Labute approximate surface area is 181 Å². The Balaban J connectivity index is 0.000000431. The molecule has 1 aromatic carbocycles. The van der Waals surface area contributed by atoms with Gasteiger partial charge in [-0.1, -0.05) is 6.92 Å². The fourth-order valence-corrected chi connectivity index (χ4v) is 4.80. The molecule has 1 aliphatic rings. The number of nitrogens with one attached hydrogen (secondary N) is 1. The number of amides is 1. The van der Waals surface area contributed by atoms with Crippen molar-refractivity contribution in [1.82, 2.24) is 14.9 Å². The quantitative estimate of drug-likeness (QED) is 0.324. The molecule has 1 amide bonds. The third kappa shape index (κ3) is 4.82. The molecule has 1 aliphatic carbocycles. The molecular formula is C21H27N5OS2. The lowest BCUT2D eigenvalue weighted by Crippen LogP contribution is -2.06. The second-order valence-corrected chi connectivity index (χ2v) is 8.79. The van der Waals surface area contributed by atoms with Crippen LogP contribution < -0.4 is 11.1 Å². The fraction of sp³-hybridized carbons (Fsp3) is 0.381. The molecule has 0 fully saturated rings. The number of aromatic nitrogens is 2. The van der Waals surface area contributed by atoms with Gasteiger partial charge in [0, 0.05) is 35.2 Å². The SMILES string of the molecule is CCc1cc(N)c(S)cc1Nc1ncnc2sc3c(c12)CCCC3.CN(C)C=O. The minimum Gasteiger partial charge on any atom is -0.398 e. The third-order valence-electron chi connectivity index (χ3n) is 4.85. The van der Waals surface area contributed by atoms with Crippen LogP contribution in [0.2, 0.25) is 0 Å². The second-order valence-electron chi connectivity index (χ2n) is 7.23. The van der Waals surface area contributed by atoms with Gasteiger partial charge in [0.15, 0.2) is 0 Å². The summed E-state index contributed by atoms with van der Waals surface area (Å²) in [5, 5.41) is 4.71. The number of rotatable bonds is 4. The Hall–Kier alpha value is -2.32. The van der Waals surface area contributed by atoms with E-state index in [4.69, 9.17) is 5.73 Å². The van der Waals surface area contributed by atoms with Crippen LogP contribution in [-0.2, 0) is 24.1 Å². The molecule has 3 aromatic rings. The molecule has 8 heteroatoms. The smallest absolute Gasteiger partial charge is 0.209 e. The molecule has 0 unspecified atom stereocenters. The van der Waals surface area contributed by atoms with Crippen molar-refractivity contribution in [2.75, 3.05) is 25.1 Å². The number of nitrogen functional groups attached to an aromatic ring is 1. The van der Waals surface area contributed by atoms with Gasteiger partial charge in [0.2, 0.25) is 6.41 Å². The molecule has 4 rings (SSSR count). The first-order valence-electron chi connectivity index (χ1n) is 9.69. The first kappa shape index (κ1) is 21.4. The summed E-state index contributed by atoms with van der Waals surface area (Å²) < 4.78 is 0. The number of benzene rings is 1. The van der Waals surface area contributed by atoms with E-state index in [0.29, 0.717) is 5.69 Å². The van der Waals surface area contributed by atoms with Crippen LogP contribution in [-0.4, -0.2) is 35.4 Å². The molecule has 6 nitrogen and oxygen atoms in total. The lowest BCUT2D eigenvalue weighted by Gasteiger charge is -2.15. The maximum atomic E-state index is 9.43. The van der Waals surface area contributed by atoms with Gasteiger partial charge in [-0.25, -0.2) is 9.97 Å². The number of carbonyl (C=O) groups is 1. The van der Waals surface area contributed by atoms with Gasteiger partial charge < -0.3 is 16.0 Å². The van der Waals surface area contributed by atoms with Crippen LogP contribution in [0.15, 0.2) is 23.4 Å². The number of nitrogens with zero attached hydrogens (tertiary/aromatic N) is 3. The van der Waals surface area contributed by atoms with Crippen molar-refractivity contribution in [2.24, 2.45) is 0 Å². The van der Waals surface area contributed by atoms with Gasteiger partial charge >= 0.3 is 0 Å². The molecule has 0 spiro atoms. The van der Waals surface area contributed by atoms with Crippen molar-refractivity contribution in [3.8, 4) is 0 Å². The van der Waals surface area contributed by atoms with Gasteiger partial charge in [0.05, 0.1) is 5.39 Å². The summed E-state index contributed by atoms with van der Waals surface area (Å²) >= 11 is 6.28. The van der Waals surface area contributed by atoms with E-state index in [9.17, 15) is 4.79 Å². The number of fused-ring (bicyclic) bond motifs is 3. The van der Waals surface area contributed by atoms with Crippen LogP contribution in [0.4, 0.5) is 17.2 Å². The van der Waals surface area contributed by atoms with Crippen LogP contribution in [0.25, 0.3) is 10.2 Å². The lowest BCUT2D eigenvalue weighted by atomic mass is 9.97. The Kier molecular flexibility index (Phi) is 6.97. The average Bonchev–Trinajstić information content (AvgIpc) is 3.10. The molecule has 0 saturated heterocycles. The first-order valence-corrected chi connectivity index (χ1v) is 11.0. The van der Waals surface area contributed by atoms with Crippen molar-refractivity contribution in [1.29, 1.82) is 0 Å². The highest BCUT2D eigenvalue weighted by Gasteiger charge is 2.20. The van der Waals surface area contributed by atoms with E-state index in [-0.39, 0.29) is 0 Å². The number of anilines is 3. The largest absolute Gasteiger partial charge is 0.398 e. The zero-order valence-corrected chi connectivity index (χ0v) is 18.7.